The maximum Gasteiger partial charge on any atom is 0.139 e. The molecule has 0 saturated heterocycles. The van der Waals surface area contributed by atoms with Crippen molar-refractivity contribution < 1.29 is 4.39 Å². The Bertz CT molecular complexity index is 409. The number of nitrogen functional groups attached to an aromatic ring is 1. The molecule has 0 radical (unpaired) electrons. The summed E-state index contributed by atoms with van der Waals surface area (Å²) in [4.78, 5) is 6.92. The van der Waals surface area contributed by atoms with E-state index in [2.05, 4.69) is 9.97 Å². The third-order valence-corrected chi connectivity index (χ3v) is 1.77. The lowest BCUT2D eigenvalue weighted by Gasteiger charge is -2.01. The highest BCUT2D eigenvalue weighted by atomic mass is 19.1. The number of nitrogens with one attached hydrogen (secondary N) is 1. The maximum atomic E-state index is 12.7. The molecule has 2 rings (SSSR count). The van der Waals surface area contributed by atoms with Crippen molar-refractivity contribution in [1.82, 2.24) is 9.97 Å². The quantitative estimate of drug-likeness (QED) is 0.652. The van der Waals surface area contributed by atoms with Gasteiger partial charge in [-0.2, -0.15) is 0 Å². The number of aromatic amines is 1. The number of imidazole rings is 1. The lowest BCUT2D eigenvalue weighted by Crippen LogP contribution is -1.92. The van der Waals surface area contributed by atoms with Crippen molar-refractivity contribution in [2.75, 3.05) is 5.73 Å². The molecular formula is C9H8FN3. The van der Waals surface area contributed by atoms with Gasteiger partial charge in [0, 0.05) is 23.6 Å². The highest BCUT2D eigenvalue weighted by Crippen LogP contribution is 2.22. The molecule has 3 nitrogen and oxygen atoms in total. The van der Waals surface area contributed by atoms with E-state index < -0.39 is 0 Å². The molecule has 0 aliphatic heterocycles. The van der Waals surface area contributed by atoms with Crippen molar-refractivity contribution in [2.45, 2.75) is 0 Å². The Hall–Kier alpha value is -1.84. The first-order valence-electron chi connectivity index (χ1n) is 3.82. The minimum Gasteiger partial charge on any atom is -0.398 e. The molecule has 0 amide bonds. The second-order valence-electron chi connectivity index (χ2n) is 2.67. The number of benzene rings is 1. The van der Waals surface area contributed by atoms with Crippen molar-refractivity contribution in [3.05, 3.63) is 36.4 Å². The molecular weight excluding hydrogens is 169 g/mol. The fraction of sp³-hybridized carbons (Fsp3) is 0. The van der Waals surface area contributed by atoms with Crippen LogP contribution in [0.2, 0.25) is 0 Å². The van der Waals surface area contributed by atoms with Crippen LogP contribution in [0.5, 0.6) is 0 Å². The van der Waals surface area contributed by atoms with E-state index in [-0.39, 0.29) is 5.82 Å². The summed E-state index contributed by atoms with van der Waals surface area (Å²) in [6, 6.07) is 4.23. The van der Waals surface area contributed by atoms with Crippen molar-refractivity contribution in [3.8, 4) is 11.4 Å². The zero-order valence-corrected chi connectivity index (χ0v) is 6.79. The molecule has 0 bridgehead atoms. The van der Waals surface area contributed by atoms with Crippen LogP contribution in [0.3, 0.4) is 0 Å². The molecule has 0 unspecified atom stereocenters. The average molecular weight is 177 g/mol. The molecule has 0 fully saturated rings. The SMILES string of the molecule is Nc1cc(F)ccc1-c1ncc[nH]1. The van der Waals surface area contributed by atoms with Gasteiger partial charge in [-0.05, 0) is 18.2 Å². The van der Waals surface area contributed by atoms with Gasteiger partial charge in [0.1, 0.15) is 11.6 Å². The van der Waals surface area contributed by atoms with Gasteiger partial charge in [0.05, 0.1) is 0 Å². The number of halogens is 1. The average Bonchev–Trinajstić information content (AvgIpc) is 2.56. The van der Waals surface area contributed by atoms with E-state index in [9.17, 15) is 4.39 Å². The molecule has 2 aromatic rings. The standard InChI is InChI=1S/C9H8FN3/c10-6-1-2-7(8(11)5-6)9-12-3-4-13-9/h1-5H,11H2,(H,12,13). The molecule has 1 heterocycles. The third-order valence-electron chi connectivity index (χ3n) is 1.77. The first-order chi connectivity index (χ1) is 6.27. The smallest absolute Gasteiger partial charge is 0.139 e. The van der Waals surface area contributed by atoms with Crippen molar-refractivity contribution in [1.29, 1.82) is 0 Å². The van der Waals surface area contributed by atoms with Crippen molar-refractivity contribution in [2.24, 2.45) is 0 Å². The number of nitrogens with zero attached hydrogens (tertiary/aromatic N) is 1. The van der Waals surface area contributed by atoms with Crippen LogP contribution in [-0.2, 0) is 0 Å². The summed E-state index contributed by atoms with van der Waals surface area (Å²) in [5.41, 5.74) is 6.71. The van der Waals surface area contributed by atoms with Gasteiger partial charge in [0.25, 0.3) is 0 Å². The lowest BCUT2D eigenvalue weighted by molar-refractivity contribution is 0.628. The number of nitrogens with two attached hydrogens (primary N) is 1. The summed E-state index contributed by atoms with van der Waals surface area (Å²) < 4.78 is 12.7. The molecule has 0 aliphatic rings. The second-order valence-corrected chi connectivity index (χ2v) is 2.67. The highest BCUT2D eigenvalue weighted by molar-refractivity contribution is 5.71. The first kappa shape index (κ1) is 7.79. The molecule has 3 N–H and O–H groups in total. The molecule has 13 heavy (non-hydrogen) atoms. The van der Waals surface area contributed by atoms with Gasteiger partial charge in [-0.3, -0.25) is 0 Å². The van der Waals surface area contributed by atoms with Gasteiger partial charge in [-0.25, -0.2) is 9.37 Å². The predicted octanol–water partition coefficient (Wildman–Crippen LogP) is 1.80. The summed E-state index contributed by atoms with van der Waals surface area (Å²) in [6.45, 7) is 0. The summed E-state index contributed by atoms with van der Waals surface area (Å²) in [5, 5.41) is 0. The van der Waals surface area contributed by atoms with E-state index >= 15 is 0 Å². The second kappa shape index (κ2) is 2.90. The number of H-pyrrole nitrogens is 1. The number of hydrogen-bond donors (Lipinski definition) is 2. The largest absolute Gasteiger partial charge is 0.398 e. The van der Waals surface area contributed by atoms with E-state index in [4.69, 9.17) is 5.73 Å². The Labute approximate surface area is 74.4 Å². The Morgan fingerprint density at radius 2 is 2.23 bits per heavy atom. The molecule has 0 atom stereocenters. The Morgan fingerprint density at radius 3 is 2.85 bits per heavy atom. The van der Waals surface area contributed by atoms with Crippen LogP contribution in [-0.4, -0.2) is 9.97 Å². The van der Waals surface area contributed by atoms with E-state index in [1.54, 1.807) is 18.5 Å². The van der Waals surface area contributed by atoms with Gasteiger partial charge in [-0.1, -0.05) is 0 Å². The van der Waals surface area contributed by atoms with Crippen molar-refractivity contribution in [3.63, 3.8) is 0 Å². The van der Waals surface area contributed by atoms with Crippen LogP contribution in [0.4, 0.5) is 10.1 Å². The zero-order valence-electron chi connectivity index (χ0n) is 6.79. The molecule has 4 heteroatoms. The normalized spacial score (nSPS) is 10.2. The topological polar surface area (TPSA) is 54.7 Å². The van der Waals surface area contributed by atoms with E-state index in [1.807, 2.05) is 0 Å². The number of aromatic nitrogens is 2. The molecule has 66 valence electrons. The minimum atomic E-state index is -0.340. The lowest BCUT2D eigenvalue weighted by atomic mass is 10.1. The molecule has 1 aromatic carbocycles. The third kappa shape index (κ3) is 1.38. The molecule has 0 aliphatic carbocycles. The molecule has 1 aromatic heterocycles. The molecule has 0 saturated carbocycles. The maximum absolute atomic E-state index is 12.7. The van der Waals surface area contributed by atoms with Crippen LogP contribution < -0.4 is 5.73 Å². The predicted molar refractivity (Wildman–Crippen MR) is 48.4 cm³/mol. The van der Waals surface area contributed by atoms with E-state index in [0.29, 0.717) is 17.1 Å². The Balaban J connectivity index is 2.53. The van der Waals surface area contributed by atoms with Crippen LogP contribution in [0.1, 0.15) is 0 Å². The van der Waals surface area contributed by atoms with Crippen LogP contribution in [0.15, 0.2) is 30.6 Å². The van der Waals surface area contributed by atoms with Crippen molar-refractivity contribution >= 4 is 5.69 Å². The van der Waals surface area contributed by atoms with Gasteiger partial charge >= 0.3 is 0 Å². The Morgan fingerprint density at radius 1 is 1.38 bits per heavy atom. The first-order valence-corrected chi connectivity index (χ1v) is 3.82. The number of rotatable bonds is 1. The molecule has 0 spiro atoms. The number of hydrogen-bond acceptors (Lipinski definition) is 2. The minimum absolute atomic E-state index is 0.340. The number of anilines is 1. The highest BCUT2D eigenvalue weighted by Gasteiger charge is 2.04. The van der Waals surface area contributed by atoms with E-state index in [1.165, 1.54) is 12.1 Å². The van der Waals surface area contributed by atoms with Gasteiger partial charge in [0.2, 0.25) is 0 Å². The van der Waals surface area contributed by atoms with E-state index in [0.717, 1.165) is 0 Å². The summed E-state index contributed by atoms with van der Waals surface area (Å²) >= 11 is 0. The summed E-state index contributed by atoms with van der Waals surface area (Å²) in [6.07, 6.45) is 3.32. The fourth-order valence-electron chi connectivity index (χ4n) is 1.16. The van der Waals surface area contributed by atoms with Gasteiger partial charge in [-0.15, -0.1) is 0 Å². The zero-order chi connectivity index (χ0) is 9.26. The van der Waals surface area contributed by atoms with Gasteiger partial charge < -0.3 is 10.7 Å². The fourth-order valence-corrected chi connectivity index (χ4v) is 1.16. The van der Waals surface area contributed by atoms with Gasteiger partial charge in [0.15, 0.2) is 0 Å². The van der Waals surface area contributed by atoms with Crippen LogP contribution >= 0.6 is 0 Å². The van der Waals surface area contributed by atoms with Crippen LogP contribution in [0, 0.1) is 5.82 Å². The Kier molecular flexibility index (Phi) is 1.73. The van der Waals surface area contributed by atoms with Crippen LogP contribution in [0.25, 0.3) is 11.4 Å². The monoisotopic (exact) mass is 177 g/mol. The summed E-state index contributed by atoms with van der Waals surface area (Å²) in [5.74, 6) is 0.310. The summed E-state index contributed by atoms with van der Waals surface area (Å²) in [7, 11) is 0.